The third kappa shape index (κ3) is 14.6. The van der Waals surface area contributed by atoms with Gasteiger partial charge in [-0.15, -0.1) is 0 Å². The Morgan fingerprint density at radius 2 is 1.45 bits per heavy atom. The number of ketones is 1. The Hall–Kier alpha value is -0.940. The minimum absolute atomic E-state index is 0.242. The smallest absolute Gasteiger partial charge is 0.217 e. The number of methoxy groups -OCH3 is 1. The number of primary amides is 1. The van der Waals surface area contributed by atoms with Crippen molar-refractivity contribution in [3.63, 3.8) is 0 Å². The quantitative estimate of drug-likeness (QED) is 0.493. The van der Waals surface area contributed by atoms with Gasteiger partial charge >= 0.3 is 0 Å². The summed E-state index contributed by atoms with van der Waals surface area (Å²) >= 11 is 0. The number of hydrogen-bond donors (Lipinski definition) is 1. The molecule has 0 aromatic carbocycles. The zero-order valence-corrected chi connectivity index (χ0v) is 19.5. The van der Waals surface area contributed by atoms with E-state index in [4.69, 9.17) is 15.2 Å². The van der Waals surface area contributed by atoms with E-state index < -0.39 is 0 Å². The molecule has 5 nitrogen and oxygen atoms in total. The summed E-state index contributed by atoms with van der Waals surface area (Å²) in [5.74, 6) is 2.11. The number of rotatable bonds is 10. The van der Waals surface area contributed by atoms with E-state index >= 15 is 0 Å². The minimum atomic E-state index is -0.242. The molecule has 0 aromatic rings. The van der Waals surface area contributed by atoms with Crippen molar-refractivity contribution in [3.8, 4) is 0 Å². The molecule has 0 radical (unpaired) electrons. The van der Waals surface area contributed by atoms with E-state index in [1.54, 1.807) is 7.11 Å². The van der Waals surface area contributed by atoms with Crippen molar-refractivity contribution >= 4 is 11.7 Å². The lowest BCUT2D eigenvalue weighted by atomic mass is 9.83. The lowest BCUT2D eigenvalue weighted by Gasteiger charge is -2.27. The van der Waals surface area contributed by atoms with Crippen molar-refractivity contribution in [1.29, 1.82) is 0 Å². The molecule has 0 saturated heterocycles. The fourth-order valence-electron chi connectivity index (χ4n) is 4.11. The first-order valence-corrected chi connectivity index (χ1v) is 11.9. The second-order valence-corrected chi connectivity index (χ2v) is 8.14. The molecule has 0 aliphatic heterocycles. The maximum atomic E-state index is 11.2. The minimum Gasteiger partial charge on any atom is -0.384 e. The van der Waals surface area contributed by atoms with E-state index in [2.05, 4.69) is 0 Å². The summed E-state index contributed by atoms with van der Waals surface area (Å²) in [5.41, 5.74) is 5.05. The predicted molar refractivity (Wildman–Crippen MR) is 120 cm³/mol. The lowest BCUT2D eigenvalue weighted by molar-refractivity contribution is -0.123. The van der Waals surface area contributed by atoms with E-state index in [1.807, 2.05) is 20.8 Å². The van der Waals surface area contributed by atoms with Crippen molar-refractivity contribution < 1.29 is 19.1 Å². The molecule has 0 unspecified atom stereocenters. The van der Waals surface area contributed by atoms with Gasteiger partial charge in [-0.2, -0.15) is 0 Å². The maximum Gasteiger partial charge on any atom is 0.217 e. The molecular formula is C24H47NO4. The summed E-state index contributed by atoms with van der Waals surface area (Å²) in [5, 5.41) is 0. The Bertz CT molecular complexity index is 400. The molecule has 1 amide bonds. The van der Waals surface area contributed by atoms with Gasteiger partial charge in [0, 0.05) is 45.7 Å². The van der Waals surface area contributed by atoms with Crippen LogP contribution in [0.25, 0.3) is 0 Å². The van der Waals surface area contributed by atoms with Gasteiger partial charge in [-0.3, -0.25) is 9.59 Å². The fraction of sp³-hybridized carbons (Fsp3) is 0.917. The Labute approximate surface area is 179 Å². The summed E-state index contributed by atoms with van der Waals surface area (Å²) in [6.45, 7) is 8.35. The van der Waals surface area contributed by atoms with Crippen LogP contribution in [-0.4, -0.2) is 38.6 Å². The third-order valence-electron chi connectivity index (χ3n) is 5.84. The molecule has 2 rings (SSSR count). The molecule has 0 heterocycles. The van der Waals surface area contributed by atoms with E-state index in [9.17, 15) is 9.59 Å². The van der Waals surface area contributed by atoms with Gasteiger partial charge in [-0.1, -0.05) is 40.0 Å². The summed E-state index contributed by atoms with van der Waals surface area (Å²) in [4.78, 5) is 21.7. The lowest BCUT2D eigenvalue weighted by Crippen LogP contribution is -2.21. The number of ether oxygens (including phenoxy) is 2. The molecule has 0 aromatic heterocycles. The Morgan fingerprint density at radius 3 is 1.93 bits per heavy atom. The number of nitrogens with two attached hydrogens (primary N) is 1. The molecule has 29 heavy (non-hydrogen) atoms. The molecule has 0 bridgehead atoms. The van der Waals surface area contributed by atoms with Gasteiger partial charge < -0.3 is 15.2 Å². The highest BCUT2D eigenvalue weighted by atomic mass is 16.5. The highest BCUT2D eigenvalue weighted by molar-refractivity contribution is 5.80. The molecule has 2 fully saturated rings. The normalized spacial score (nSPS) is 21.9. The molecule has 2 saturated carbocycles. The maximum absolute atomic E-state index is 11.2. The van der Waals surface area contributed by atoms with Crippen molar-refractivity contribution in [2.24, 2.45) is 23.5 Å². The van der Waals surface area contributed by atoms with Crippen LogP contribution in [0.15, 0.2) is 0 Å². The third-order valence-corrected chi connectivity index (χ3v) is 5.84. The largest absolute Gasteiger partial charge is 0.384 e. The monoisotopic (exact) mass is 413 g/mol. The average Bonchev–Trinajstić information content (AvgIpc) is 2.76. The Balaban J connectivity index is 0.000000554. The highest BCUT2D eigenvalue weighted by Gasteiger charge is 2.21. The van der Waals surface area contributed by atoms with Gasteiger partial charge in [-0.25, -0.2) is 0 Å². The number of Topliss-reactive ketones (excluding diaryl/α,β-unsaturated/α-hetero) is 1. The van der Waals surface area contributed by atoms with E-state index in [0.717, 1.165) is 44.8 Å². The number of carbonyl (C=O) groups is 2. The second-order valence-electron chi connectivity index (χ2n) is 8.14. The van der Waals surface area contributed by atoms with Crippen LogP contribution in [0, 0.1) is 17.8 Å². The summed E-state index contributed by atoms with van der Waals surface area (Å²) in [6.07, 6.45) is 13.1. The van der Waals surface area contributed by atoms with Crippen molar-refractivity contribution in [1.82, 2.24) is 0 Å². The summed E-state index contributed by atoms with van der Waals surface area (Å²) in [6, 6.07) is 0. The first kappa shape index (κ1) is 28.1. The highest BCUT2D eigenvalue weighted by Crippen LogP contribution is 2.29. The van der Waals surface area contributed by atoms with Crippen molar-refractivity contribution in [2.75, 3.05) is 26.9 Å². The molecule has 0 spiro atoms. The Kier molecular flexibility index (Phi) is 18.4. The second kappa shape index (κ2) is 19.0. The van der Waals surface area contributed by atoms with Gasteiger partial charge in [0.25, 0.3) is 0 Å². The van der Waals surface area contributed by atoms with Crippen molar-refractivity contribution in [2.45, 2.75) is 97.8 Å². The molecule has 172 valence electrons. The molecule has 2 aliphatic rings. The number of hydrogen-bond acceptors (Lipinski definition) is 4. The SMILES string of the molecule is CC.CCC(=O)C1CCCCC1.COCC1CCC(COCCCC(N)=O)CC1. The zero-order valence-electron chi connectivity index (χ0n) is 19.5. The fourth-order valence-corrected chi connectivity index (χ4v) is 4.11. The van der Waals surface area contributed by atoms with Crippen LogP contribution >= 0.6 is 0 Å². The number of carbonyl (C=O) groups excluding carboxylic acids is 2. The molecular weight excluding hydrogens is 366 g/mol. The standard InChI is InChI=1S/C13H25NO3.C9H16O.C2H6/c1-16-9-11-4-6-12(7-5-11)10-17-8-2-3-13(14)15;1-2-9(10)8-6-4-3-5-7-8;1-2/h11-12H,2-10H2,1H3,(H2,14,15);8H,2-7H2,1H3;1-2H3. The van der Waals surface area contributed by atoms with Gasteiger partial charge in [0.1, 0.15) is 5.78 Å². The van der Waals surface area contributed by atoms with E-state index in [0.29, 0.717) is 30.6 Å². The van der Waals surface area contributed by atoms with Gasteiger partial charge in [-0.05, 0) is 56.8 Å². The van der Waals surface area contributed by atoms with Crippen LogP contribution in [0.5, 0.6) is 0 Å². The van der Waals surface area contributed by atoms with Crippen LogP contribution in [0.3, 0.4) is 0 Å². The van der Waals surface area contributed by atoms with Crippen LogP contribution in [0.4, 0.5) is 0 Å². The topological polar surface area (TPSA) is 78.6 Å². The van der Waals surface area contributed by atoms with Crippen LogP contribution in [0.2, 0.25) is 0 Å². The Morgan fingerprint density at radius 1 is 0.897 bits per heavy atom. The summed E-state index contributed by atoms with van der Waals surface area (Å²) in [7, 11) is 1.77. The van der Waals surface area contributed by atoms with Gasteiger partial charge in [0.15, 0.2) is 0 Å². The summed E-state index contributed by atoms with van der Waals surface area (Å²) < 4.78 is 10.8. The van der Waals surface area contributed by atoms with Crippen LogP contribution in [-0.2, 0) is 19.1 Å². The average molecular weight is 414 g/mol. The van der Waals surface area contributed by atoms with E-state index in [-0.39, 0.29) is 5.91 Å². The zero-order chi connectivity index (χ0) is 21.9. The van der Waals surface area contributed by atoms with Crippen LogP contribution < -0.4 is 5.73 Å². The predicted octanol–water partition coefficient (Wildman–Crippen LogP) is 5.29. The molecule has 5 heteroatoms. The molecule has 0 atom stereocenters. The van der Waals surface area contributed by atoms with E-state index in [1.165, 1.54) is 44.9 Å². The molecule has 2 aliphatic carbocycles. The molecule has 2 N–H and O–H groups in total. The first-order chi connectivity index (χ1) is 14.1. The van der Waals surface area contributed by atoms with Gasteiger partial charge in [0.2, 0.25) is 5.91 Å². The first-order valence-electron chi connectivity index (χ1n) is 11.9. The van der Waals surface area contributed by atoms with Crippen molar-refractivity contribution in [3.05, 3.63) is 0 Å². The van der Waals surface area contributed by atoms with Crippen LogP contribution in [0.1, 0.15) is 97.8 Å². The van der Waals surface area contributed by atoms with Gasteiger partial charge in [0.05, 0.1) is 0 Å². The number of amides is 1.